The van der Waals surface area contributed by atoms with E-state index in [4.69, 9.17) is 21.7 Å². The average Bonchev–Trinajstić information content (AvgIpc) is 2.88. The number of thioether (sulfide) groups is 1. The summed E-state index contributed by atoms with van der Waals surface area (Å²) in [6.07, 6.45) is 0.601. The van der Waals surface area contributed by atoms with Gasteiger partial charge in [0.25, 0.3) is 0 Å². The number of rotatable bonds is 7. The maximum absolute atomic E-state index is 12.8. The van der Waals surface area contributed by atoms with Crippen LogP contribution in [0, 0.1) is 0 Å². The number of fused-ring (bicyclic) bond motifs is 1. The Morgan fingerprint density at radius 2 is 2.04 bits per heavy atom. The predicted molar refractivity (Wildman–Crippen MR) is 106 cm³/mol. The standard InChI is InChI=1S/C19H21NO3S2/c1-3-23-16-9-8-13-6-4-5-7-14(13)15(16)12-17-18(21)20(10-11-22-2)19(24)25-17/h4-9,17H,3,10-12H2,1-2H3/t17-/m1/s1. The number of carbonyl (C=O) groups excluding carboxylic acids is 1. The highest BCUT2D eigenvalue weighted by molar-refractivity contribution is 8.24. The van der Waals surface area contributed by atoms with Crippen molar-refractivity contribution in [2.45, 2.75) is 18.6 Å². The average molecular weight is 376 g/mol. The molecule has 1 fully saturated rings. The second kappa shape index (κ2) is 8.17. The van der Waals surface area contributed by atoms with Gasteiger partial charge in [0, 0.05) is 12.7 Å². The van der Waals surface area contributed by atoms with Gasteiger partial charge < -0.3 is 9.47 Å². The van der Waals surface area contributed by atoms with Crippen molar-refractivity contribution >= 4 is 45.0 Å². The summed E-state index contributed by atoms with van der Waals surface area (Å²) in [6.45, 7) is 3.55. The lowest BCUT2D eigenvalue weighted by atomic mass is 9.99. The summed E-state index contributed by atoms with van der Waals surface area (Å²) < 4.78 is 11.5. The van der Waals surface area contributed by atoms with Gasteiger partial charge in [0.1, 0.15) is 10.1 Å². The van der Waals surface area contributed by atoms with E-state index >= 15 is 0 Å². The lowest BCUT2D eigenvalue weighted by molar-refractivity contribution is -0.126. The van der Waals surface area contributed by atoms with Crippen LogP contribution in [0.15, 0.2) is 36.4 Å². The molecule has 2 aromatic rings. The van der Waals surface area contributed by atoms with Gasteiger partial charge in [-0.25, -0.2) is 0 Å². The molecule has 2 aromatic carbocycles. The van der Waals surface area contributed by atoms with Crippen LogP contribution in [0.25, 0.3) is 10.8 Å². The maximum atomic E-state index is 12.8. The van der Waals surface area contributed by atoms with E-state index in [1.54, 1.807) is 12.0 Å². The van der Waals surface area contributed by atoms with Gasteiger partial charge in [-0.05, 0) is 30.2 Å². The number of thiocarbonyl (C=S) groups is 1. The Kier molecular flexibility index (Phi) is 5.93. The van der Waals surface area contributed by atoms with Gasteiger partial charge in [0.2, 0.25) is 5.91 Å². The SMILES string of the molecule is CCOc1ccc2ccccc2c1C[C@H]1SC(=S)N(CCOC)C1=O. The fraction of sp³-hybridized carbons (Fsp3) is 0.368. The Bertz CT molecular complexity index is 793. The van der Waals surface area contributed by atoms with Crippen molar-refractivity contribution in [1.29, 1.82) is 0 Å². The van der Waals surface area contributed by atoms with Gasteiger partial charge in [0.05, 0.1) is 25.0 Å². The molecule has 1 atom stereocenters. The Morgan fingerprint density at radius 3 is 2.80 bits per heavy atom. The zero-order chi connectivity index (χ0) is 17.8. The summed E-state index contributed by atoms with van der Waals surface area (Å²) in [5, 5.41) is 2.06. The first-order chi connectivity index (χ1) is 12.2. The van der Waals surface area contributed by atoms with Crippen LogP contribution in [0.2, 0.25) is 0 Å². The number of benzene rings is 2. The fourth-order valence-corrected chi connectivity index (χ4v) is 4.57. The second-order valence-electron chi connectivity index (χ2n) is 5.76. The van der Waals surface area contributed by atoms with Crippen molar-refractivity contribution in [3.63, 3.8) is 0 Å². The quantitative estimate of drug-likeness (QED) is 0.691. The van der Waals surface area contributed by atoms with Gasteiger partial charge in [-0.2, -0.15) is 0 Å². The molecule has 1 aliphatic rings. The highest BCUT2D eigenvalue weighted by Crippen LogP contribution is 2.35. The molecule has 0 saturated carbocycles. The first-order valence-electron chi connectivity index (χ1n) is 8.30. The number of ether oxygens (including phenoxy) is 2. The molecule has 6 heteroatoms. The lowest BCUT2D eigenvalue weighted by Crippen LogP contribution is -2.34. The van der Waals surface area contributed by atoms with Crippen molar-refractivity contribution in [2.75, 3.05) is 26.9 Å². The molecule has 132 valence electrons. The van der Waals surface area contributed by atoms with Gasteiger partial charge in [-0.3, -0.25) is 9.69 Å². The van der Waals surface area contributed by atoms with Crippen LogP contribution in [-0.2, 0) is 16.0 Å². The van der Waals surface area contributed by atoms with E-state index in [0.717, 1.165) is 22.1 Å². The lowest BCUT2D eigenvalue weighted by Gasteiger charge is -2.17. The largest absolute Gasteiger partial charge is 0.494 e. The molecule has 1 saturated heterocycles. The molecule has 1 heterocycles. The van der Waals surface area contributed by atoms with E-state index in [1.807, 2.05) is 25.1 Å². The van der Waals surface area contributed by atoms with E-state index < -0.39 is 0 Å². The first kappa shape index (κ1) is 18.2. The topological polar surface area (TPSA) is 38.8 Å². The summed E-state index contributed by atoms with van der Waals surface area (Å²) in [5.41, 5.74) is 1.07. The Morgan fingerprint density at radius 1 is 1.24 bits per heavy atom. The van der Waals surface area contributed by atoms with Crippen molar-refractivity contribution in [1.82, 2.24) is 4.90 Å². The molecule has 25 heavy (non-hydrogen) atoms. The molecule has 0 radical (unpaired) electrons. The minimum atomic E-state index is -0.214. The van der Waals surface area contributed by atoms with Crippen LogP contribution in [0.4, 0.5) is 0 Å². The number of amides is 1. The summed E-state index contributed by atoms with van der Waals surface area (Å²) in [6, 6.07) is 12.2. The van der Waals surface area contributed by atoms with Crippen LogP contribution in [0.3, 0.4) is 0 Å². The van der Waals surface area contributed by atoms with E-state index in [2.05, 4.69) is 18.2 Å². The minimum Gasteiger partial charge on any atom is -0.494 e. The molecule has 0 unspecified atom stereocenters. The number of hydrogen-bond donors (Lipinski definition) is 0. The summed E-state index contributed by atoms with van der Waals surface area (Å²) in [4.78, 5) is 14.4. The Labute approximate surface area is 157 Å². The Hall–Kier alpha value is -1.63. The zero-order valence-electron chi connectivity index (χ0n) is 14.4. The third-order valence-electron chi connectivity index (χ3n) is 4.21. The van der Waals surface area contributed by atoms with Crippen molar-refractivity contribution in [2.24, 2.45) is 0 Å². The zero-order valence-corrected chi connectivity index (χ0v) is 16.0. The van der Waals surface area contributed by atoms with Crippen molar-refractivity contribution in [3.8, 4) is 5.75 Å². The molecule has 0 bridgehead atoms. The molecule has 3 rings (SSSR count). The van der Waals surface area contributed by atoms with E-state index in [1.165, 1.54) is 11.8 Å². The summed E-state index contributed by atoms with van der Waals surface area (Å²) >= 11 is 6.84. The van der Waals surface area contributed by atoms with Crippen LogP contribution < -0.4 is 4.74 Å². The summed E-state index contributed by atoms with van der Waals surface area (Å²) in [5.74, 6) is 0.901. The Balaban J connectivity index is 1.91. The number of nitrogens with zero attached hydrogens (tertiary/aromatic N) is 1. The molecule has 4 nitrogen and oxygen atoms in total. The van der Waals surface area contributed by atoms with Gasteiger partial charge in [-0.1, -0.05) is 54.3 Å². The predicted octanol–water partition coefficient (Wildman–Crippen LogP) is 3.66. The van der Waals surface area contributed by atoms with Gasteiger partial charge in [0.15, 0.2) is 0 Å². The molecule has 1 amide bonds. The highest BCUT2D eigenvalue weighted by Gasteiger charge is 2.37. The normalized spacial score (nSPS) is 17.5. The fourth-order valence-electron chi connectivity index (χ4n) is 3.02. The minimum absolute atomic E-state index is 0.0578. The van der Waals surface area contributed by atoms with E-state index in [0.29, 0.717) is 30.5 Å². The smallest absolute Gasteiger partial charge is 0.242 e. The molecule has 0 N–H and O–H groups in total. The third kappa shape index (κ3) is 3.81. The van der Waals surface area contributed by atoms with Crippen molar-refractivity contribution in [3.05, 3.63) is 42.0 Å². The molecule has 0 aliphatic carbocycles. The number of carbonyl (C=O) groups is 1. The van der Waals surface area contributed by atoms with Crippen LogP contribution >= 0.6 is 24.0 Å². The molecular weight excluding hydrogens is 354 g/mol. The maximum Gasteiger partial charge on any atom is 0.242 e. The molecular formula is C19H21NO3S2. The van der Waals surface area contributed by atoms with E-state index in [-0.39, 0.29) is 11.2 Å². The second-order valence-corrected chi connectivity index (χ2v) is 7.59. The number of hydrogen-bond acceptors (Lipinski definition) is 5. The van der Waals surface area contributed by atoms with Crippen LogP contribution in [0.1, 0.15) is 12.5 Å². The van der Waals surface area contributed by atoms with Gasteiger partial charge in [-0.15, -0.1) is 0 Å². The monoisotopic (exact) mass is 375 g/mol. The summed E-state index contributed by atoms with van der Waals surface area (Å²) in [7, 11) is 1.62. The van der Waals surface area contributed by atoms with Crippen molar-refractivity contribution < 1.29 is 14.3 Å². The number of methoxy groups -OCH3 is 1. The highest BCUT2D eigenvalue weighted by atomic mass is 32.2. The van der Waals surface area contributed by atoms with Gasteiger partial charge >= 0.3 is 0 Å². The first-order valence-corrected chi connectivity index (χ1v) is 9.58. The molecule has 0 spiro atoms. The van der Waals surface area contributed by atoms with Crippen LogP contribution in [0.5, 0.6) is 5.75 Å². The van der Waals surface area contributed by atoms with E-state index in [9.17, 15) is 4.79 Å². The van der Waals surface area contributed by atoms with Crippen LogP contribution in [-0.4, -0.2) is 47.2 Å². The third-order valence-corrected chi connectivity index (χ3v) is 5.79. The molecule has 1 aliphatic heterocycles. The molecule has 0 aromatic heterocycles.